The number of aromatic carboxylic acids is 1. The van der Waals surface area contributed by atoms with Crippen LogP contribution in [0.3, 0.4) is 0 Å². The highest BCUT2D eigenvalue weighted by Crippen LogP contribution is 2.20. The molecule has 0 aliphatic carbocycles. The molecule has 2 rings (SSSR count). The number of hydrogen-bond acceptors (Lipinski definition) is 6. The molecule has 0 amide bonds. The van der Waals surface area contributed by atoms with Crippen molar-refractivity contribution in [2.75, 3.05) is 0 Å². The van der Waals surface area contributed by atoms with Gasteiger partial charge < -0.3 is 14.6 Å². The maximum Gasteiger partial charge on any atom is 0.339 e. The number of esters is 2. The molecule has 1 N–H and O–H groups in total. The van der Waals surface area contributed by atoms with Crippen molar-refractivity contribution in [2.45, 2.75) is 13.8 Å². The minimum Gasteiger partial charge on any atom is -0.478 e. The fraction of sp³-hybridized carbons (Fsp3) is 0.111. The van der Waals surface area contributed by atoms with Gasteiger partial charge in [0, 0.05) is 13.8 Å². The molecule has 0 heterocycles. The molecule has 0 aliphatic rings. The first-order valence-electron chi connectivity index (χ1n) is 7.20. The van der Waals surface area contributed by atoms with E-state index in [1.165, 1.54) is 38.1 Å². The van der Waals surface area contributed by atoms with Crippen LogP contribution in [0.15, 0.2) is 48.5 Å². The second-order valence-corrected chi connectivity index (χ2v) is 5.10. The molecule has 0 saturated carbocycles. The summed E-state index contributed by atoms with van der Waals surface area (Å²) < 4.78 is 9.45. The van der Waals surface area contributed by atoms with Gasteiger partial charge >= 0.3 is 17.9 Å². The molecule has 0 fully saturated rings. The van der Waals surface area contributed by atoms with Crippen LogP contribution in [0.5, 0.6) is 11.5 Å². The molecule has 0 bridgehead atoms. The molecule has 0 spiro atoms. The summed E-state index contributed by atoms with van der Waals surface area (Å²) >= 11 is 5.26. The second kappa shape index (κ2) is 9.95. The van der Waals surface area contributed by atoms with Crippen LogP contribution in [0.2, 0.25) is 0 Å². The van der Waals surface area contributed by atoms with E-state index in [4.69, 9.17) is 21.4 Å². The molecule has 8 heteroatoms. The zero-order chi connectivity index (χ0) is 19.7. The number of rotatable bonds is 4. The average Bonchev–Trinajstić information content (AvgIpc) is 2.55. The zero-order valence-corrected chi connectivity index (χ0v) is 14.6. The molecule has 7 nitrogen and oxygen atoms in total. The van der Waals surface area contributed by atoms with E-state index in [1.807, 2.05) is 0 Å². The van der Waals surface area contributed by atoms with Gasteiger partial charge in [-0.15, -0.1) is 0 Å². The predicted octanol–water partition coefficient (Wildman–Crippen LogP) is 3.30. The molecule has 2 aromatic rings. The Balaban J connectivity index is 0.000000260. The minimum atomic E-state index is -1.11. The van der Waals surface area contributed by atoms with Gasteiger partial charge in [-0.25, -0.2) is 4.79 Å². The van der Waals surface area contributed by atoms with Crippen molar-refractivity contribution in [1.82, 2.24) is 0 Å². The molecule has 0 radical (unpaired) electrons. The number of ether oxygens (including phenoxy) is 2. The van der Waals surface area contributed by atoms with E-state index < -0.39 is 23.2 Å². The van der Waals surface area contributed by atoms with E-state index in [9.17, 15) is 19.2 Å². The number of carboxylic acids is 1. The lowest BCUT2D eigenvalue weighted by molar-refractivity contribution is -0.132. The third kappa shape index (κ3) is 6.74. The number of carbonyl (C=O) groups excluding carboxylic acids is 3. The summed E-state index contributed by atoms with van der Waals surface area (Å²) in [6.45, 7) is 2.48. The topological polar surface area (TPSA) is 107 Å². The Morgan fingerprint density at radius 3 is 1.54 bits per heavy atom. The SMILES string of the molecule is CC(=O)Oc1ccccc1C(=O)Cl.CC(=O)Oc1ccccc1C(=O)O. The lowest BCUT2D eigenvalue weighted by atomic mass is 10.2. The maximum absolute atomic E-state index is 10.8. The fourth-order valence-electron chi connectivity index (χ4n) is 1.76. The van der Waals surface area contributed by atoms with E-state index in [2.05, 4.69) is 4.74 Å². The van der Waals surface area contributed by atoms with Crippen molar-refractivity contribution < 1.29 is 33.8 Å². The quantitative estimate of drug-likeness (QED) is 0.494. The monoisotopic (exact) mass is 378 g/mol. The summed E-state index contributed by atoms with van der Waals surface area (Å²) in [4.78, 5) is 42.6. The number of halogens is 1. The molecule has 2 aromatic carbocycles. The van der Waals surface area contributed by atoms with Gasteiger partial charge in [-0.05, 0) is 35.9 Å². The number of benzene rings is 2. The van der Waals surface area contributed by atoms with Crippen molar-refractivity contribution >= 4 is 34.8 Å². The van der Waals surface area contributed by atoms with Gasteiger partial charge in [-0.2, -0.15) is 0 Å². The van der Waals surface area contributed by atoms with Crippen LogP contribution in [-0.2, 0) is 9.59 Å². The molecular formula is C18H15ClO7. The van der Waals surface area contributed by atoms with Gasteiger partial charge in [0.25, 0.3) is 5.24 Å². The van der Waals surface area contributed by atoms with Crippen LogP contribution in [0, 0.1) is 0 Å². The van der Waals surface area contributed by atoms with E-state index >= 15 is 0 Å². The maximum atomic E-state index is 10.8. The molecule has 0 saturated heterocycles. The smallest absolute Gasteiger partial charge is 0.339 e. The lowest BCUT2D eigenvalue weighted by Gasteiger charge is -2.03. The summed E-state index contributed by atoms with van der Waals surface area (Å²) in [5.41, 5.74) is 0.178. The van der Waals surface area contributed by atoms with Crippen molar-refractivity contribution in [3.05, 3.63) is 59.7 Å². The molecule has 0 aromatic heterocycles. The van der Waals surface area contributed by atoms with Gasteiger partial charge in [0.05, 0.1) is 5.56 Å². The number of carboxylic acid groups (broad SMARTS) is 1. The third-order valence-corrected chi connectivity index (χ3v) is 2.93. The zero-order valence-electron chi connectivity index (χ0n) is 13.9. The summed E-state index contributed by atoms with van der Waals surface area (Å²) in [5.74, 6) is -1.87. The number of carbonyl (C=O) groups is 4. The standard InChI is InChI=1S/C9H7ClO3.C9H8O4/c1-6(11)13-8-5-3-2-4-7(8)9(10)12;1-6(10)13-8-5-3-2-4-7(8)9(11)12/h2-5H,1H3;2-5H,1H3,(H,11,12). The largest absolute Gasteiger partial charge is 0.478 e. The van der Waals surface area contributed by atoms with E-state index in [-0.39, 0.29) is 22.6 Å². The Bertz CT molecular complexity index is 760. The third-order valence-electron chi connectivity index (χ3n) is 2.72. The van der Waals surface area contributed by atoms with Crippen LogP contribution in [-0.4, -0.2) is 28.3 Å². The Morgan fingerprint density at radius 1 is 0.769 bits per heavy atom. The average molecular weight is 379 g/mol. The Kier molecular flexibility index (Phi) is 7.98. The van der Waals surface area contributed by atoms with Crippen LogP contribution in [0.1, 0.15) is 34.6 Å². The van der Waals surface area contributed by atoms with Crippen molar-refractivity contribution in [3.63, 3.8) is 0 Å². The van der Waals surface area contributed by atoms with E-state index in [1.54, 1.807) is 24.3 Å². The number of para-hydroxylation sites is 2. The van der Waals surface area contributed by atoms with E-state index in [0.29, 0.717) is 0 Å². The van der Waals surface area contributed by atoms with Crippen LogP contribution in [0.25, 0.3) is 0 Å². The molecule has 0 unspecified atom stereocenters. The second-order valence-electron chi connectivity index (χ2n) is 4.76. The van der Waals surface area contributed by atoms with E-state index in [0.717, 1.165) is 0 Å². The van der Waals surface area contributed by atoms with Crippen molar-refractivity contribution in [3.8, 4) is 11.5 Å². The van der Waals surface area contributed by atoms with Gasteiger partial charge in [0.15, 0.2) is 0 Å². The molecule has 136 valence electrons. The highest BCUT2D eigenvalue weighted by Gasteiger charge is 2.11. The molecular weight excluding hydrogens is 364 g/mol. The first kappa shape index (κ1) is 20.9. The van der Waals surface area contributed by atoms with Gasteiger partial charge in [0.1, 0.15) is 17.1 Å². The van der Waals surface area contributed by atoms with Crippen molar-refractivity contribution in [2.24, 2.45) is 0 Å². The van der Waals surface area contributed by atoms with Crippen LogP contribution >= 0.6 is 11.6 Å². The van der Waals surface area contributed by atoms with Crippen molar-refractivity contribution in [1.29, 1.82) is 0 Å². The predicted molar refractivity (Wildman–Crippen MR) is 92.6 cm³/mol. The Labute approximate surface area is 154 Å². The summed E-state index contributed by atoms with van der Waals surface area (Å²) in [5, 5.41) is 8.05. The first-order valence-corrected chi connectivity index (χ1v) is 7.58. The Hall–Kier alpha value is -3.19. The molecule has 0 atom stereocenters. The fourth-order valence-corrected chi connectivity index (χ4v) is 1.92. The highest BCUT2D eigenvalue weighted by molar-refractivity contribution is 6.68. The summed E-state index contributed by atoms with van der Waals surface area (Å²) in [7, 11) is 0. The minimum absolute atomic E-state index is 0.0160. The first-order chi connectivity index (χ1) is 12.2. The van der Waals surface area contributed by atoms with Crippen LogP contribution in [0.4, 0.5) is 0 Å². The summed E-state index contributed by atoms with van der Waals surface area (Å²) in [6.07, 6.45) is 0. The van der Waals surface area contributed by atoms with Gasteiger partial charge in [-0.1, -0.05) is 24.3 Å². The summed E-state index contributed by atoms with van der Waals surface area (Å²) in [6, 6.07) is 12.3. The highest BCUT2D eigenvalue weighted by atomic mass is 35.5. The van der Waals surface area contributed by atoms with Crippen LogP contribution < -0.4 is 9.47 Å². The lowest BCUT2D eigenvalue weighted by Crippen LogP contribution is -2.06. The van der Waals surface area contributed by atoms with Gasteiger partial charge in [-0.3, -0.25) is 14.4 Å². The number of hydrogen-bond donors (Lipinski definition) is 1. The van der Waals surface area contributed by atoms with Gasteiger partial charge in [0.2, 0.25) is 0 Å². The molecule has 26 heavy (non-hydrogen) atoms. The molecule has 0 aliphatic heterocycles. The normalized spacial score (nSPS) is 9.35. The Morgan fingerprint density at radius 2 is 1.15 bits per heavy atom.